The zero-order valence-electron chi connectivity index (χ0n) is 16.7. The van der Waals surface area contributed by atoms with Crippen molar-refractivity contribution in [2.24, 2.45) is 5.92 Å². The molecule has 0 radical (unpaired) electrons. The molecule has 2 aliphatic rings. The van der Waals surface area contributed by atoms with Crippen molar-refractivity contribution in [2.75, 3.05) is 18.4 Å². The van der Waals surface area contributed by atoms with Crippen molar-refractivity contribution < 1.29 is 19.1 Å². The third kappa shape index (κ3) is 4.85. The van der Waals surface area contributed by atoms with E-state index in [1.807, 2.05) is 6.08 Å². The van der Waals surface area contributed by atoms with E-state index >= 15 is 0 Å². The number of carbonyl (C=O) groups is 2. The second kappa shape index (κ2) is 9.01. The van der Waals surface area contributed by atoms with Gasteiger partial charge in [-0.25, -0.2) is 14.4 Å². The van der Waals surface area contributed by atoms with Crippen LogP contribution in [0.25, 0.3) is 5.57 Å². The molecule has 1 aromatic heterocycles. The summed E-state index contributed by atoms with van der Waals surface area (Å²) in [4.78, 5) is 34.4. The van der Waals surface area contributed by atoms with Gasteiger partial charge in [0.05, 0.1) is 22.8 Å². The molecule has 31 heavy (non-hydrogen) atoms. The van der Waals surface area contributed by atoms with E-state index in [4.69, 9.17) is 11.6 Å². The molecule has 1 aromatic carbocycles. The molecule has 2 atom stereocenters. The van der Waals surface area contributed by atoms with E-state index in [1.165, 1.54) is 30.5 Å². The normalized spacial score (nSPS) is 21.0. The molecule has 1 aliphatic heterocycles. The van der Waals surface area contributed by atoms with Gasteiger partial charge in [0.1, 0.15) is 5.82 Å². The Morgan fingerprint density at radius 1 is 1.23 bits per heavy atom. The van der Waals surface area contributed by atoms with Gasteiger partial charge in [0.25, 0.3) is 5.91 Å². The van der Waals surface area contributed by atoms with Crippen LogP contribution in [0, 0.1) is 11.7 Å². The number of carboxylic acids is 1. The largest absolute Gasteiger partial charge is 0.481 e. The smallest absolute Gasteiger partial charge is 0.306 e. The van der Waals surface area contributed by atoms with Crippen molar-refractivity contribution >= 4 is 35.0 Å². The zero-order chi connectivity index (χ0) is 22.0. The van der Waals surface area contributed by atoms with Crippen LogP contribution in [0.3, 0.4) is 0 Å². The fourth-order valence-electron chi connectivity index (χ4n) is 4.05. The highest BCUT2D eigenvalue weighted by atomic mass is 35.5. The number of nitrogens with zero attached hydrogens (tertiary/aromatic N) is 3. The van der Waals surface area contributed by atoms with E-state index in [2.05, 4.69) is 15.3 Å². The van der Waals surface area contributed by atoms with Crippen molar-refractivity contribution in [1.29, 1.82) is 0 Å². The summed E-state index contributed by atoms with van der Waals surface area (Å²) < 4.78 is 13.1. The number of benzene rings is 1. The van der Waals surface area contributed by atoms with Gasteiger partial charge in [0.2, 0.25) is 5.95 Å². The summed E-state index contributed by atoms with van der Waals surface area (Å²) in [5.41, 5.74) is 1.76. The summed E-state index contributed by atoms with van der Waals surface area (Å²) in [6.45, 7) is 0.731. The average molecular weight is 445 g/mol. The molecule has 1 saturated carbocycles. The number of hydrogen-bond acceptors (Lipinski definition) is 5. The van der Waals surface area contributed by atoms with E-state index in [1.54, 1.807) is 4.90 Å². The first-order valence-corrected chi connectivity index (χ1v) is 10.5. The Labute approximate surface area is 184 Å². The molecule has 7 nitrogen and oxygen atoms in total. The first-order valence-electron chi connectivity index (χ1n) is 10.2. The quantitative estimate of drug-likeness (QED) is 0.727. The molecule has 1 amide bonds. The van der Waals surface area contributed by atoms with Gasteiger partial charge in [-0.2, -0.15) is 0 Å². The monoisotopic (exact) mass is 444 g/mol. The molecule has 9 heteroatoms. The van der Waals surface area contributed by atoms with Crippen molar-refractivity contribution in [1.82, 2.24) is 14.9 Å². The standard InChI is InChI=1S/C22H22ClFN4O3/c23-18-11-25-22(26-17-3-1-2-14(10-17)21(30)31)27-19(18)15-8-9-28(12-15)20(29)13-4-6-16(24)7-5-13/h4-8,11,14,17H,1-3,9-10,12H2,(H,30,31)(H,25,26,27). The third-order valence-electron chi connectivity index (χ3n) is 5.70. The lowest BCUT2D eigenvalue weighted by Gasteiger charge is -2.27. The third-order valence-corrected chi connectivity index (χ3v) is 5.98. The highest BCUT2D eigenvalue weighted by Gasteiger charge is 2.28. The molecular formula is C22H22ClFN4O3. The van der Waals surface area contributed by atoms with Crippen LogP contribution >= 0.6 is 11.6 Å². The maximum Gasteiger partial charge on any atom is 0.306 e. The van der Waals surface area contributed by atoms with Crippen LogP contribution in [0.4, 0.5) is 10.3 Å². The van der Waals surface area contributed by atoms with Gasteiger partial charge in [0.15, 0.2) is 0 Å². The molecule has 2 aromatic rings. The highest BCUT2D eigenvalue weighted by Crippen LogP contribution is 2.29. The Balaban J connectivity index is 1.44. The average Bonchev–Trinajstić information content (AvgIpc) is 3.25. The first kappa shape index (κ1) is 21.2. The first-order chi connectivity index (χ1) is 14.9. The van der Waals surface area contributed by atoms with Crippen LogP contribution in [0.2, 0.25) is 5.02 Å². The van der Waals surface area contributed by atoms with Crippen molar-refractivity contribution in [2.45, 2.75) is 31.7 Å². The number of carboxylic acid groups (broad SMARTS) is 1. The molecule has 2 N–H and O–H groups in total. The summed E-state index contributed by atoms with van der Waals surface area (Å²) in [6.07, 6.45) is 6.30. The van der Waals surface area contributed by atoms with Gasteiger partial charge >= 0.3 is 5.97 Å². The van der Waals surface area contributed by atoms with Crippen LogP contribution in [0.1, 0.15) is 41.7 Å². The molecule has 1 aliphatic carbocycles. The summed E-state index contributed by atoms with van der Waals surface area (Å²) in [5, 5.41) is 12.9. The van der Waals surface area contributed by atoms with Gasteiger partial charge in [-0.1, -0.05) is 24.1 Å². The van der Waals surface area contributed by atoms with Gasteiger partial charge < -0.3 is 15.3 Å². The molecule has 0 spiro atoms. The lowest BCUT2D eigenvalue weighted by Crippen LogP contribution is -2.31. The number of anilines is 1. The topological polar surface area (TPSA) is 95.4 Å². The van der Waals surface area contributed by atoms with Crippen LogP contribution in [0.15, 0.2) is 36.5 Å². The summed E-state index contributed by atoms with van der Waals surface area (Å²) in [6, 6.07) is 5.43. The minimum atomic E-state index is -0.772. The number of nitrogens with one attached hydrogen (secondary N) is 1. The van der Waals surface area contributed by atoms with Crippen LogP contribution in [0.5, 0.6) is 0 Å². The number of hydrogen-bond donors (Lipinski definition) is 2. The van der Waals surface area contributed by atoms with Gasteiger partial charge in [-0.3, -0.25) is 9.59 Å². The number of rotatable bonds is 5. The van der Waals surface area contributed by atoms with Gasteiger partial charge in [-0.15, -0.1) is 0 Å². The van der Waals surface area contributed by atoms with E-state index < -0.39 is 11.8 Å². The molecule has 4 rings (SSSR count). The van der Waals surface area contributed by atoms with Crippen LogP contribution in [-0.2, 0) is 4.79 Å². The number of aliphatic carboxylic acids is 1. The van der Waals surface area contributed by atoms with Crippen LogP contribution < -0.4 is 5.32 Å². The predicted octanol–water partition coefficient (Wildman–Crippen LogP) is 3.86. The SMILES string of the molecule is O=C(O)C1CCCC(Nc2ncc(Cl)c(C3=CCN(C(=O)c4ccc(F)cc4)C3)n2)C1. The summed E-state index contributed by atoms with van der Waals surface area (Å²) >= 11 is 6.33. The Morgan fingerprint density at radius 2 is 2.00 bits per heavy atom. The number of halogens is 2. The molecule has 2 unspecified atom stereocenters. The molecule has 1 fully saturated rings. The fourth-order valence-corrected chi connectivity index (χ4v) is 4.26. The second-order valence-corrected chi connectivity index (χ2v) is 8.26. The van der Waals surface area contributed by atoms with Crippen LogP contribution in [-0.4, -0.2) is 51.0 Å². The molecule has 162 valence electrons. The van der Waals surface area contributed by atoms with E-state index in [9.17, 15) is 19.1 Å². The van der Waals surface area contributed by atoms with E-state index in [-0.39, 0.29) is 17.9 Å². The lowest BCUT2D eigenvalue weighted by molar-refractivity contribution is -0.142. The zero-order valence-corrected chi connectivity index (χ0v) is 17.5. The molecule has 2 heterocycles. The maximum atomic E-state index is 13.1. The number of carbonyl (C=O) groups excluding carboxylic acids is 1. The van der Waals surface area contributed by atoms with E-state index in [0.717, 1.165) is 18.4 Å². The fraction of sp³-hybridized carbons (Fsp3) is 0.364. The molecular weight excluding hydrogens is 423 g/mol. The Bertz CT molecular complexity index is 1030. The van der Waals surface area contributed by atoms with E-state index in [0.29, 0.717) is 48.2 Å². The number of aromatic nitrogens is 2. The molecule has 0 bridgehead atoms. The Kier molecular flexibility index (Phi) is 6.18. The second-order valence-electron chi connectivity index (χ2n) is 7.86. The molecule has 0 saturated heterocycles. The van der Waals surface area contributed by atoms with Gasteiger partial charge in [-0.05, 0) is 49.1 Å². The van der Waals surface area contributed by atoms with Crippen molar-refractivity contribution in [3.05, 3.63) is 58.6 Å². The maximum absolute atomic E-state index is 13.1. The highest BCUT2D eigenvalue weighted by molar-refractivity contribution is 6.32. The van der Waals surface area contributed by atoms with Gasteiger partial charge in [0, 0.05) is 24.7 Å². The summed E-state index contributed by atoms with van der Waals surface area (Å²) in [5.74, 6) is -1.33. The van der Waals surface area contributed by atoms with Crippen molar-refractivity contribution in [3.8, 4) is 0 Å². The minimum Gasteiger partial charge on any atom is -0.481 e. The number of amides is 1. The lowest BCUT2D eigenvalue weighted by atomic mass is 9.86. The predicted molar refractivity (Wildman–Crippen MR) is 114 cm³/mol. The summed E-state index contributed by atoms with van der Waals surface area (Å²) in [7, 11) is 0. The van der Waals surface area contributed by atoms with Crippen molar-refractivity contribution in [3.63, 3.8) is 0 Å². The Hall–Kier alpha value is -3.00. The minimum absolute atomic E-state index is 0.0158. The Morgan fingerprint density at radius 3 is 2.74 bits per heavy atom.